The average molecular weight is 447 g/mol. The van der Waals surface area contributed by atoms with Gasteiger partial charge in [-0.25, -0.2) is 13.1 Å². The highest BCUT2D eigenvalue weighted by Gasteiger charge is 2.15. The van der Waals surface area contributed by atoms with Crippen LogP contribution in [0.4, 0.5) is 5.69 Å². The number of rotatable bonds is 6. The van der Waals surface area contributed by atoms with Crippen molar-refractivity contribution in [3.63, 3.8) is 0 Å². The highest BCUT2D eigenvalue weighted by Crippen LogP contribution is 2.25. The predicted octanol–water partition coefficient (Wildman–Crippen LogP) is 3.91. The standard InChI is InChI=1S/C24H22N4O3S/c1-16-14-22(23-21(27-16)8-5-13-25-23)26-15-17-9-11-18(12-10-17)19-6-3-4-7-20(19)24(29)28-32(2,30)31/h3-14H,15H2,1-2H3,(H,26,27)(H,28,29). The molecule has 2 aromatic heterocycles. The molecule has 4 rings (SSSR count). The van der Waals surface area contributed by atoms with E-state index in [-0.39, 0.29) is 0 Å². The predicted molar refractivity (Wildman–Crippen MR) is 126 cm³/mol. The fourth-order valence-corrected chi connectivity index (χ4v) is 3.93. The molecule has 2 heterocycles. The number of nitrogens with one attached hydrogen (secondary N) is 2. The summed E-state index contributed by atoms with van der Waals surface area (Å²) in [7, 11) is -3.65. The first-order valence-corrected chi connectivity index (χ1v) is 11.9. The molecule has 2 aromatic carbocycles. The first kappa shape index (κ1) is 21.5. The molecular formula is C24H22N4O3S. The highest BCUT2D eigenvalue weighted by molar-refractivity contribution is 7.89. The summed E-state index contributed by atoms with van der Waals surface area (Å²) >= 11 is 0. The van der Waals surface area contributed by atoms with Crippen LogP contribution in [0.3, 0.4) is 0 Å². The number of aryl methyl sites for hydroxylation is 1. The third-order valence-electron chi connectivity index (χ3n) is 4.89. The summed E-state index contributed by atoms with van der Waals surface area (Å²) < 4.78 is 24.9. The number of carbonyl (C=O) groups is 1. The van der Waals surface area contributed by atoms with Gasteiger partial charge in [0.05, 0.1) is 17.5 Å². The largest absolute Gasteiger partial charge is 0.379 e. The minimum Gasteiger partial charge on any atom is -0.379 e. The van der Waals surface area contributed by atoms with Crippen molar-refractivity contribution >= 4 is 32.7 Å². The molecule has 0 atom stereocenters. The first-order chi connectivity index (χ1) is 15.3. The molecule has 32 heavy (non-hydrogen) atoms. The van der Waals surface area contributed by atoms with Gasteiger partial charge in [0, 0.05) is 24.0 Å². The van der Waals surface area contributed by atoms with Gasteiger partial charge < -0.3 is 5.32 Å². The van der Waals surface area contributed by atoms with Crippen molar-refractivity contribution in [2.45, 2.75) is 13.5 Å². The van der Waals surface area contributed by atoms with Crippen molar-refractivity contribution in [1.82, 2.24) is 14.7 Å². The summed E-state index contributed by atoms with van der Waals surface area (Å²) in [6, 6.07) is 20.5. The number of amides is 1. The fourth-order valence-electron chi connectivity index (χ4n) is 3.48. The molecule has 0 aliphatic rings. The number of nitrogens with zero attached hydrogens (tertiary/aromatic N) is 2. The van der Waals surface area contributed by atoms with Gasteiger partial charge in [-0.15, -0.1) is 0 Å². The summed E-state index contributed by atoms with van der Waals surface area (Å²) in [6.07, 6.45) is 2.70. The molecular weight excluding hydrogens is 424 g/mol. The zero-order chi connectivity index (χ0) is 22.7. The van der Waals surface area contributed by atoms with Crippen LogP contribution in [0.5, 0.6) is 0 Å². The van der Waals surface area contributed by atoms with Crippen molar-refractivity contribution in [3.8, 4) is 11.1 Å². The van der Waals surface area contributed by atoms with Crippen LogP contribution in [0, 0.1) is 6.92 Å². The zero-order valence-electron chi connectivity index (χ0n) is 17.7. The SMILES string of the molecule is Cc1cc(NCc2ccc(-c3ccccc3C(=O)NS(C)(=O)=O)cc2)c2ncccc2n1. The third kappa shape index (κ3) is 4.92. The number of aromatic nitrogens is 2. The Kier molecular flexibility index (Phi) is 5.87. The molecule has 0 saturated heterocycles. The number of benzene rings is 2. The van der Waals surface area contributed by atoms with E-state index in [1.54, 1.807) is 24.4 Å². The molecule has 1 amide bonds. The fraction of sp³-hybridized carbons (Fsp3) is 0.125. The van der Waals surface area contributed by atoms with Crippen molar-refractivity contribution in [2.24, 2.45) is 0 Å². The van der Waals surface area contributed by atoms with E-state index in [4.69, 9.17) is 0 Å². The number of hydrogen-bond acceptors (Lipinski definition) is 6. The topological polar surface area (TPSA) is 101 Å². The van der Waals surface area contributed by atoms with E-state index in [0.29, 0.717) is 17.7 Å². The van der Waals surface area contributed by atoms with E-state index in [0.717, 1.165) is 39.8 Å². The van der Waals surface area contributed by atoms with E-state index in [9.17, 15) is 13.2 Å². The van der Waals surface area contributed by atoms with Crippen molar-refractivity contribution in [1.29, 1.82) is 0 Å². The molecule has 0 saturated carbocycles. The summed E-state index contributed by atoms with van der Waals surface area (Å²) in [5, 5.41) is 3.43. The molecule has 2 N–H and O–H groups in total. The molecule has 8 heteroatoms. The van der Waals surface area contributed by atoms with Crippen LogP contribution < -0.4 is 10.0 Å². The molecule has 4 aromatic rings. The van der Waals surface area contributed by atoms with Crippen LogP contribution in [-0.2, 0) is 16.6 Å². The maximum absolute atomic E-state index is 12.4. The number of anilines is 1. The van der Waals surface area contributed by atoms with Gasteiger partial charge >= 0.3 is 0 Å². The monoisotopic (exact) mass is 446 g/mol. The van der Waals surface area contributed by atoms with Crippen molar-refractivity contribution in [3.05, 3.63) is 89.7 Å². The molecule has 0 radical (unpaired) electrons. The minimum absolute atomic E-state index is 0.300. The lowest BCUT2D eigenvalue weighted by molar-refractivity contribution is 0.0982. The Hall–Kier alpha value is -3.78. The van der Waals surface area contributed by atoms with Crippen molar-refractivity contribution in [2.75, 3.05) is 11.6 Å². The second-order valence-electron chi connectivity index (χ2n) is 7.48. The van der Waals surface area contributed by atoms with Crippen LogP contribution in [0.25, 0.3) is 22.2 Å². The molecule has 7 nitrogen and oxygen atoms in total. The Morgan fingerprint density at radius 1 is 1.00 bits per heavy atom. The average Bonchev–Trinajstić information content (AvgIpc) is 2.76. The Labute approximate surface area is 186 Å². The van der Waals surface area contributed by atoms with Gasteiger partial charge in [0.2, 0.25) is 10.0 Å². The van der Waals surface area contributed by atoms with Gasteiger partial charge in [0.1, 0.15) is 5.52 Å². The lowest BCUT2D eigenvalue weighted by Crippen LogP contribution is -2.29. The molecule has 0 unspecified atom stereocenters. The summed E-state index contributed by atoms with van der Waals surface area (Å²) in [5.41, 5.74) is 6.31. The minimum atomic E-state index is -3.65. The summed E-state index contributed by atoms with van der Waals surface area (Å²) in [6.45, 7) is 2.54. The lowest BCUT2D eigenvalue weighted by Gasteiger charge is -2.12. The Morgan fingerprint density at radius 3 is 2.50 bits per heavy atom. The first-order valence-electron chi connectivity index (χ1n) is 9.97. The van der Waals surface area contributed by atoms with E-state index in [2.05, 4.69) is 15.3 Å². The maximum Gasteiger partial charge on any atom is 0.265 e. The molecule has 0 aliphatic carbocycles. The molecule has 0 spiro atoms. The molecule has 0 bridgehead atoms. The van der Waals surface area contributed by atoms with Gasteiger partial charge in [0.25, 0.3) is 5.91 Å². The smallest absolute Gasteiger partial charge is 0.265 e. The van der Waals surface area contributed by atoms with Gasteiger partial charge in [-0.05, 0) is 47.9 Å². The van der Waals surface area contributed by atoms with Gasteiger partial charge in [-0.1, -0.05) is 42.5 Å². The highest BCUT2D eigenvalue weighted by atomic mass is 32.2. The van der Waals surface area contributed by atoms with Gasteiger partial charge in [-0.3, -0.25) is 14.8 Å². The lowest BCUT2D eigenvalue weighted by atomic mass is 9.98. The number of sulfonamides is 1. The number of pyridine rings is 2. The van der Waals surface area contributed by atoms with Crippen LogP contribution in [0.1, 0.15) is 21.6 Å². The number of fused-ring (bicyclic) bond motifs is 1. The summed E-state index contributed by atoms with van der Waals surface area (Å²) in [5.74, 6) is -0.652. The second-order valence-corrected chi connectivity index (χ2v) is 9.23. The Morgan fingerprint density at radius 2 is 1.75 bits per heavy atom. The van der Waals surface area contributed by atoms with Crippen LogP contribution >= 0.6 is 0 Å². The van der Waals surface area contributed by atoms with E-state index in [1.807, 2.05) is 60.2 Å². The zero-order valence-corrected chi connectivity index (χ0v) is 18.5. The third-order valence-corrected chi connectivity index (χ3v) is 5.45. The molecule has 0 aliphatic heterocycles. The molecule has 0 fully saturated rings. The maximum atomic E-state index is 12.4. The second kappa shape index (κ2) is 8.76. The van der Waals surface area contributed by atoms with Crippen LogP contribution in [0.2, 0.25) is 0 Å². The van der Waals surface area contributed by atoms with Gasteiger partial charge in [-0.2, -0.15) is 0 Å². The van der Waals surface area contributed by atoms with Gasteiger partial charge in [0.15, 0.2) is 0 Å². The Balaban J connectivity index is 1.55. The van der Waals surface area contributed by atoms with E-state index >= 15 is 0 Å². The van der Waals surface area contributed by atoms with E-state index < -0.39 is 15.9 Å². The van der Waals surface area contributed by atoms with Crippen molar-refractivity contribution < 1.29 is 13.2 Å². The normalized spacial score (nSPS) is 11.3. The van der Waals surface area contributed by atoms with Crippen LogP contribution in [-0.4, -0.2) is 30.5 Å². The number of hydrogen-bond donors (Lipinski definition) is 2. The molecule has 162 valence electrons. The Bertz CT molecular complexity index is 1400. The summed E-state index contributed by atoms with van der Waals surface area (Å²) in [4.78, 5) is 21.3. The van der Waals surface area contributed by atoms with Crippen LogP contribution in [0.15, 0.2) is 72.9 Å². The quantitative estimate of drug-likeness (QED) is 0.466. The van der Waals surface area contributed by atoms with E-state index in [1.165, 1.54) is 0 Å². The number of carbonyl (C=O) groups excluding carboxylic acids is 1.